The highest BCUT2D eigenvalue weighted by Crippen LogP contribution is 2.33. The molecule has 168 valence electrons. The van der Waals surface area contributed by atoms with Crippen LogP contribution in [-0.4, -0.2) is 45.3 Å². The van der Waals surface area contributed by atoms with Crippen LogP contribution in [0.2, 0.25) is 0 Å². The number of amides is 1. The van der Waals surface area contributed by atoms with Crippen molar-refractivity contribution in [3.63, 3.8) is 0 Å². The van der Waals surface area contributed by atoms with E-state index in [2.05, 4.69) is 53.0 Å². The highest BCUT2D eigenvalue weighted by Gasteiger charge is 2.28. The first kappa shape index (κ1) is 22.2. The standard InChI is InChI=1S/C26H32N4O2/c1-4-18(2)30(16-24-27-22-14-8-7-13-21(22)26(32)28-24)17-25(31)29(3)23-15-9-11-19-10-5-6-12-20(19)23/h5-8,10,12-14,18,23H,4,9,11,15-17H2,1-3H3,(H,27,28,32). The molecular formula is C26H32N4O2. The Morgan fingerprint density at radius 1 is 1.19 bits per heavy atom. The van der Waals surface area contributed by atoms with Crippen molar-refractivity contribution in [1.82, 2.24) is 19.8 Å². The molecule has 2 atom stereocenters. The number of aromatic nitrogens is 2. The van der Waals surface area contributed by atoms with E-state index in [9.17, 15) is 9.59 Å². The van der Waals surface area contributed by atoms with Crippen molar-refractivity contribution in [2.24, 2.45) is 0 Å². The minimum atomic E-state index is -0.142. The fraction of sp³-hybridized carbons (Fsp3) is 0.423. The quantitative estimate of drug-likeness (QED) is 0.611. The molecule has 0 spiro atoms. The summed E-state index contributed by atoms with van der Waals surface area (Å²) in [5.41, 5.74) is 3.15. The summed E-state index contributed by atoms with van der Waals surface area (Å²) in [5.74, 6) is 0.683. The van der Waals surface area contributed by atoms with Crippen molar-refractivity contribution in [1.29, 1.82) is 0 Å². The molecule has 1 heterocycles. The number of likely N-dealkylation sites (N-methyl/N-ethyl adjacent to an activating group) is 1. The third kappa shape index (κ3) is 4.60. The molecule has 1 aliphatic rings. The van der Waals surface area contributed by atoms with Crippen LogP contribution in [0.5, 0.6) is 0 Å². The van der Waals surface area contributed by atoms with Crippen LogP contribution >= 0.6 is 0 Å². The number of aromatic amines is 1. The van der Waals surface area contributed by atoms with E-state index in [0.717, 1.165) is 25.7 Å². The van der Waals surface area contributed by atoms with Crippen LogP contribution in [0.1, 0.15) is 56.1 Å². The van der Waals surface area contributed by atoms with E-state index >= 15 is 0 Å². The Kier molecular flexibility index (Phi) is 6.70. The average Bonchev–Trinajstić information content (AvgIpc) is 2.82. The van der Waals surface area contributed by atoms with E-state index in [1.807, 2.05) is 30.1 Å². The Morgan fingerprint density at radius 2 is 1.94 bits per heavy atom. The SMILES string of the molecule is CCC(C)N(CC(=O)N(C)C1CCCc2ccccc21)Cc1nc2ccccc2c(=O)[nH]1. The lowest BCUT2D eigenvalue weighted by atomic mass is 9.87. The van der Waals surface area contributed by atoms with Gasteiger partial charge >= 0.3 is 0 Å². The number of rotatable bonds is 7. The van der Waals surface area contributed by atoms with Gasteiger partial charge in [-0.1, -0.05) is 43.3 Å². The number of nitrogens with one attached hydrogen (secondary N) is 1. The van der Waals surface area contributed by atoms with Crippen molar-refractivity contribution in [3.8, 4) is 0 Å². The number of hydrogen-bond donors (Lipinski definition) is 1. The lowest BCUT2D eigenvalue weighted by molar-refractivity contribution is -0.134. The maximum Gasteiger partial charge on any atom is 0.258 e. The van der Waals surface area contributed by atoms with Crippen LogP contribution in [0.4, 0.5) is 0 Å². The number of nitrogens with zero attached hydrogens (tertiary/aromatic N) is 3. The molecule has 3 aromatic rings. The second-order valence-corrected chi connectivity index (χ2v) is 8.80. The van der Waals surface area contributed by atoms with Gasteiger partial charge in [0.25, 0.3) is 5.56 Å². The Bertz CT molecular complexity index is 1160. The summed E-state index contributed by atoms with van der Waals surface area (Å²) in [6, 6.07) is 16.1. The first-order valence-electron chi connectivity index (χ1n) is 11.5. The maximum atomic E-state index is 13.3. The smallest absolute Gasteiger partial charge is 0.258 e. The number of fused-ring (bicyclic) bond motifs is 2. The normalized spacial score (nSPS) is 16.7. The summed E-state index contributed by atoms with van der Waals surface area (Å²) in [6.07, 6.45) is 4.06. The maximum absolute atomic E-state index is 13.3. The molecule has 4 rings (SSSR count). The van der Waals surface area contributed by atoms with Crippen LogP contribution in [-0.2, 0) is 17.8 Å². The van der Waals surface area contributed by atoms with Gasteiger partial charge in [0.2, 0.25) is 5.91 Å². The van der Waals surface area contributed by atoms with Gasteiger partial charge in [0.15, 0.2) is 0 Å². The van der Waals surface area contributed by atoms with Crippen molar-refractivity contribution < 1.29 is 4.79 Å². The molecule has 0 saturated carbocycles. The fourth-order valence-electron chi connectivity index (χ4n) is 4.62. The zero-order chi connectivity index (χ0) is 22.7. The van der Waals surface area contributed by atoms with Gasteiger partial charge in [-0.15, -0.1) is 0 Å². The minimum absolute atomic E-state index is 0.0927. The number of para-hydroxylation sites is 1. The third-order valence-corrected chi connectivity index (χ3v) is 6.77. The Hall–Kier alpha value is -2.99. The highest BCUT2D eigenvalue weighted by atomic mass is 16.2. The van der Waals surface area contributed by atoms with Gasteiger partial charge in [-0.2, -0.15) is 0 Å². The molecule has 2 unspecified atom stereocenters. The molecule has 6 nitrogen and oxygen atoms in total. The molecule has 0 bridgehead atoms. The average molecular weight is 433 g/mol. The van der Waals surface area contributed by atoms with Gasteiger partial charge in [0.1, 0.15) is 5.82 Å². The summed E-state index contributed by atoms with van der Waals surface area (Å²) in [6.45, 7) is 4.94. The number of benzene rings is 2. The largest absolute Gasteiger partial charge is 0.338 e. The molecule has 0 radical (unpaired) electrons. The molecule has 0 aliphatic heterocycles. The van der Waals surface area contributed by atoms with Crippen LogP contribution in [0.3, 0.4) is 0 Å². The molecule has 0 fully saturated rings. The van der Waals surface area contributed by atoms with Gasteiger partial charge < -0.3 is 9.88 Å². The number of H-pyrrole nitrogens is 1. The molecule has 0 saturated heterocycles. The van der Waals surface area contributed by atoms with E-state index in [-0.39, 0.29) is 23.6 Å². The van der Waals surface area contributed by atoms with Crippen LogP contribution in [0.25, 0.3) is 10.9 Å². The predicted molar refractivity (Wildman–Crippen MR) is 127 cm³/mol. The molecule has 2 aromatic carbocycles. The van der Waals surface area contributed by atoms with Gasteiger partial charge in [0, 0.05) is 13.1 Å². The van der Waals surface area contributed by atoms with E-state index in [1.54, 1.807) is 6.07 Å². The predicted octanol–water partition coefficient (Wildman–Crippen LogP) is 4.06. The van der Waals surface area contributed by atoms with Crippen LogP contribution < -0.4 is 5.56 Å². The van der Waals surface area contributed by atoms with Crippen LogP contribution in [0.15, 0.2) is 53.3 Å². The van der Waals surface area contributed by atoms with Crippen molar-refractivity contribution in [2.45, 2.75) is 58.2 Å². The van der Waals surface area contributed by atoms with Crippen molar-refractivity contribution in [3.05, 3.63) is 75.8 Å². The van der Waals surface area contributed by atoms with Gasteiger partial charge in [-0.25, -0.2) is 4.98 Å². The number of aryl methyl sites for hydroxylation is 1. The van der Waals surface area contributed by atoms with Crippen molar-refractivity contribution in [2.75, 3.05) is 13.6 Å². The van der Waals surface area contributed by atoms with Gasteiger partial charge in [0.05, 0.1) is 30.0 Å². The molecule has 1 aromatic heterocycles. The second kappa shape index (κ2) is 9.65. The molecule has 1 N–H and O–H groups in total. The second-order valence-electron chi connectivity index (χ2n) is 8.80. The summed E-state index contributed by atoms with van der Waals surface area (Å²) < 4.78 is 0. The first-order valence-corrected chi connectivity index (χ1v) is 11.5. The van der Waals surface area contributed by atoms with E-state index in [4.69, 9.17) is 0 Å². The zero-order valence-electron chi connectivity index (χ0n) is 19.2. The number of carbonyl (C=O) groups excluding carboxylic acids is 1. The molecule has 6 heteroatoms. The molecular weight excluding hydrogens is 400 g/mol. The lowest BCUT2D eigenvalue weighted by Crippen LogP contribution is -2.44. The highest BCUT2D eigenvalue weighted by molar-refractivity contribution is 5.79. The Morgan fingerprint density at radius 3 is 2.75 bits per heavy atom. The van der Waals surface area contributed by atoms with Gasteiger partial charge in [-0.05, 0) is 55.9 Å². The third-order valence-electron chi connectivity index (χ3n) is 6.77. The summed E-state index contributed by atoms with van der Waals surface area (Å²) in [5, 5.41) is 0.582. The minimum Gasteiger partial charge on any atom is -0.338 e. The topological polar surface area (TPSA) is 69.3 Å². The molecule has 32 heavy (non-hydrogen) atoms. The molecule has 1 aliphatic carbocycles. The number of carbonyl (C=O) groups is 1. The Labute approximate surface area is 189 Å². The summed E-state index contributed by atoms with van der Waals surface area (Å²) >= 11 is 0. The lowest BCUT2D eigenvalue weighted by Gasteiger charge is -2.35. The fourth-order valence-corrected chi connectivity index (χ4v) is 4.62. The first-order chi connectivity index (χ1) is 15.5. The number of hydrogen-bond acceptors (Lipinski definition) is 4. The monoisotopic (exact) mass is 432 g/mol. The van der Waals surface area contributed by atoms with E-state index in [1.165, 1.54) is 11.1 Å². The van der Waals surface area contributed by atoms with E-state index in [0.29, 0.717) is 29.8 Å². The molecule has 1 amide bonds. The summed E-state index contributed by atoms with van der Waals surface area (Å²) in [7, 11) is 1.92. The zero-order valence-corrected chi connectivity index (χ0v) is 19.2. The van der Waals surface area contributed by atoms with Gasteiger partial charge in [-0.3, -0.25) is 14.5 Å². The Balaban J connectivity index is 1.53. The summed E-state index contributed by atoms with van der Waals surface area (Å²) in [4.78, 5) is 37.4. The van der Waals surface area contributed by atoms with E-state index < -0.39 is 0 Å². The van der Waals surface area contributed by atoms with Crippen molar-refractivity contribution >= 4 is 16.8 Å². The van der Waals surface area contributed by atoms with Crippen LogP contribution in [0, 0.1) is 0 Å².